The van der Waals surface area contributed by atoms with Crippen LogP contribution < -0.4 is 0 Å². The van der Waals surface area contributed by atoms with E-state index < -0.39 is 5.97 Å². The van der Waals surface area contributed by atoms with Crippen molar-refractivity contribution in [3.63, 3.8) is 0 Å². The lowest BCUT2D eigenvalue weighted by molar-refractivity contribution is -0.132. The Bertz CT molecular complexity index is 769. The number of benzene rings is 1. The fourth-order valence-corrected chi connectivity index (χ4v) is 3.41. The standard InChI is InChI=1S/C19H23N3O3/c1-21-12-14(11-20-21)7-8-18(23)22-9-3-6-17(13-22)15-4-2-5-16(10-15)19(24)25/h2,4-5,10-12,17H,3,6-9,13H2,1H3,(H,24,25)/t17-/m1/s1. The molecule has 1 fully saturated rings. The van der Waals surface area contributed by atoms with Gasteiger partial charge in [0.1, 0.15) is 0 Å². The highest BCUT2D eigenvalue weighted by Crippen LogP contribution is 2.28. The molecule has 1 aliphatic rings. The molecule has 1 saturated heterocycles. The molecule has 1 N–H and O–H groups in total. The first-order chi connectivity index (χ1) is 12.0. The summed E-state index contributed by atoms with van der Waals surface area (Å²) >= 11 is 0. The molecule has 1 aromatic carbocycles. The van der Waals surface area contributed by atoms with Gasteiger partial charge in [-0.15, -0.1) is 0 Å². The smallest absolute Gasteiger partial charge is 0.335 e. The van der Waals surface area contributed by atoms with Gasteiger partial charge in [0.05, 0.1) is 11.8 Å². The summed E-state index contributed by atoms with van der Waals surface area (Å²) in [6.07, 6.45) is 6.83. The molecule has 132 valence electrons. The van der Waals surface area contributed by atoms with Gasteiger partial charge in [-0.05, 0) is 42.5 Å². The molecule has 6 heteroatoms. The fraction of sp³-hybridized carbons (Fsp3) is 0.421. The normalized spacial score (nSPS) is 17.5. The van der Waals surface area contributed by atoms with Crippen molar-refractivity contribution in [2.24, 2.45) is 7.05 Å². The number of carboxylic acid groups (broad SMARTS) is 1. The maximum Gasteiger partial charge on any atom is 0.335 e. The molecule has 1 atom stereocenters. The highest BCUT2D eigenvalue weighted by molar-refractivity contribution is 5.87. The molecule has 0 aliphatic carbocycles. The molecular weight excluding hydrogens is 318 g/mol. The first-order valence-corrected chi connectivity index (χ1v) is 8.61. The highest BCUT2D eigenvalue weighted by atomic mass is 16.4. The molecule has 0 spiro atoms. The number of carbonyl (C=O) groups is 2. The first kappa shape index (κ1) is 17.2. The van der Waals surface area contributed by atoms with Gasteiger partial charge in [0.25, 0.3) is 0 Å². The summed E-state index contributed by atoms with van der Waals surface area (Å²) in [5, 5.41) is 13.3. The van der Waals surface area contributed by atoms with Gasteiger partial charge in [-0.2, -0.15) is 5.10 Å². The lowest BCUT2D eigenvalue weighted by Crippen LogP contribution is -2.39. The van der Waals surface area contributed by atoms with Gasteiger partial charge in [0, 0.05) is 38.7 Å². The van der Waals surface area contributed by atoms with E-state index >= 15 is 0 Å². The van der Waals surface area contributed by atoms with Gasteiger partial charge in [0.2, 0.25) is 5.91 Å². The van der Waals surface area contributed by atoms with Crippen molar-refractivity contribution in [3.05, 3.63) is 53.3 Å². The zero-order valence-corrected chi connectivity index (χ0v) is 14.4. The summed E-state index contributed by atoms with van der Waals surface area (Å²) in [6.45, 7) is 1.44. The third kappa shape index (κ3) is 4.26. The van der Waals surface area contributed by atoms with Crippen LogP contribution in [0.5, 0.6) is 0 Å². The van der Waals surface area contributed by atoms with Crippen molar-refractivity contribution in [1.82, 2.24) is 14.7 Å². The van der Waals surface area contributed by atoms with Crippen molar-refractivity contribution in [1.29, 1.82) is 0 Å². The molecular formula is C19H23N3O3. The van der Waals surface area contributed by atoms with Crippen molar-refractivity contribution in [3.8, 4) is 0 Å². The van der Waals surface area contributed by atoms with Crippen molar-refractivity contribution in [2.45, 2.75) is 31.6 Å². The van der Waals surface area contributed by atoms with Gasteiger partial charge in [-0.3, -0.25) is 9.48 Å². The average molecular weight is 341 g/mol. The minimum absolute atomic E-state index is 0.156. The number of aromatic nitrogens is 2. The molecule has 0 unspecified atom stereocenters. The van der Waals surface area contributed by atoms with Crippen LogP contribution in [0.4, 0.5) is 0 Å². The number of nitrogens with zero attached hydrogens (tertiary/aromatic N) is 3. The summed E-state index contributed by atoms with van der Waals surface area (Å²) in [5.74, 6) is -0.555. The maximum absolute atomic E-state index is 12.5. The lowest BCUT2D eigenvalue weighted by Gasteiger charge is -2.33. The third-order valence-electron chi connectivity index (χ3n) is 4.76. The Kier molecular flexibility index (Phi) is 5.16. The van der Waals surface area contributed by atoms with E-state index in [2.05, 4.69) is 5.10 Å². The molecule has 0 saturated carbocycles. The monoisotopic (exact) mass is 341 g/mol. The van der Waals surface area contributed by atoms with Crippen LogP contribution in [-0.2, 0) is 18.3 Å². The van der Waals surface area contributed by atoms with Gasteiger partial charge in [-0.1, -0.05) is 12.1 Å². The Morgan fingerprint density at radius 3 is 2.92 bits per heavy atom. The Balaban J connectivity index is 1.61. The van der Waals surface area contributed by atoms with Crippen LogP contribution >= 0.6 is 0 Å². The van der Waals surface area contributed by atoms with Crippen molar-refractivity contribution in [2.75, 3.05) is 13.1 Å². The molecule has 6 nitrogen and oxygen atoms in total. The van der Waals surface area contributed by atoms with Crippen LogP contribution in [0.25, 0.3) is 0 Å². The number of piperidine rings is 1. The summed E-state index contributed by atoms with van der Waals surface area (Å²) in [5.41, 5.74) is 2.38. The number of aryl methyl sites for hydroxylation is 2. The molecule has 0 radical (unpaired) electrons. The Labute approximate surface area is 147 Å². The number of aromatic carboxylic acids is 1. The summed E-state index contributed by atoms with van der Waals surface area (Å²) < 4.78 is 1.74. The number of hydrogen-bond donors (Lipinski definition) is 1. The molecule has 1 amide bonds. The van der Waals surface area contributed by atoms with Crippen LogP contribution in [0, 0.1) is 0 Å². The number of hydrogen-bond acceptors (Lipinski definition) is 3. The van der Waals surface area contributed by atoms with Crippen LogP contribution in [0.3, 0.4) is 0 Å². The van der Waals surface area contributed by atoms with E-state index in [0.717, 1.165) is 30.5 Å². The van der Waals surface area contributed by atoms with Crippen LogP contribution in [0.15, 0.2) is 36.7 Å². The van der Waals surface area contributed by atoms with Crippen LogP contribution in [-0.4, -0.2) is 44.8 Å². The summed E-state index contributed by atoms with van der Waals surface area (Å²) in [6, 6.07) is 7.07. The zero-order valence-electron chi connectivity index (χ0n) is 14.4. The van der Waals surface area contributed by atoms with Crippen LogP contribution in [0.1, 0.15) is 46.7 Å². The largest absolute Gasteiger partial charge is 0.478 e. The third-order valence-corrected chi connectivity index (χ3v) is 4.76. The maximum atomic E-state index is 12.5. The van der Waals surface area contributed by atoms with Crippen molar-refractivity contribution >= 4 is 11.9 Å². The van der Waals surface area contributed by atoms with Gasteiger partial charge >= 0.3 is 5.97 Å². The molecule has 25 heavy (non-hydrogen) atoms. The Hall–Kier alpha value is -2.63. The SMILES string of the molecule is Cn1cc(CCC(=O)N2CCC[C@@H](c3cccc(C(=O)O)c3)C2)cn1. The van der Waals surface area contributed by atoms with E-state index in [-0.39, 0.29) is 11.8 Å². The van der Waals surface area contributed by atoms with Gasteiger partial charge < -0.3 is 10.0 Å². The molecule has 0 bridgehead atoms. The lowest BCUT2D eigenvalue weighted by atomic mass is 9.89. The predicted octanol–water partition coefficient (Wildman–Crippen LogP) is 2.46. The minimum atomic E-state index is -0.915. The predicted molar refractivity (Wildman–Crippen MR) is 93.5 cm³/mol. The number of amides is 1. The first-order valence-electron chi connectivity index (χ1n) is 8.61. The second kappa shape index (κ2) is 7.51. The second-order valence-corrected chi connectivity index (χ2v) is 6.63. The van der Waals surface area contributed by atoms with Crippen LogP contribution in [0.2, 0.25) is 0 Å². The van der Waals surface area contributed by atoms with E-state index in [4.69, 9.17) is 5.11 Å². The Morgan fingerprint density at radius 1 is 1.36 bits per heavy atom. The van der Waals surface area contributed by atoms with Gasteiger partial charge in [-0.25, -0.2) is 4.79 Å². The van der Waals surface area contributed by atoms with E-state index in [1.54, 1.807) is 29.1 Å². The number of carboxylic acids is 1. The molecule has 2 heterocycles. The van der Waals surface area contributed by atoms with Gasteiger partial charge in [0.15, 0.2) is 0 Å². The topological polar surface area (TPSA) is 75.4 Å². The van der Waals surface area contributed by atoms with E-state index in [0.29, 0.717) is 24.9 Å². The highest BCUT2D eigenvalue weighted by Gasteiger charge is 2.25. The quantitative estimate of drug-likeness (QED) is 0.906. The fourth-order valence-electron chi connectivity index (χ4n) is 3.41. The van der Waals surface area contributed by atoms with Crippen molar-refractivity contribution < 1.29 is 14.7 Å². The Morgan fingerprint density at radius 2 is 2.20 bits per heavy atom. The molecule has 1 aliphatic heterocycles. The summed E-state index contributed by atoms with van der Waals surface area (Å²) in [4.78, 5) is 25.6. The summed E-state index contributed by atoms with van der Waals surface area (Å²) in [7, 11) is 1.87. The van der Waals surface area contributed by atoms with E-state index in [9.17, 15) is 9.59 Å². The zero-order chi connectivity index (χ0) is 17.8. The second-order valence-electron chi connectivity index (χ2n) is 6.63. The van der Waals surface area contributed by atoms with E-state index in [1.165, 1.54) is 0 Å². The molecule has 3 rings (SSSR count). The number of carbonyl (C=O) groups excluding carboxylic acids is 1. The number of rotatable bonds is 5. The molecule has 2 aromatic rings. The average Bonchev–Trinajstić information content (AvgIpc) is 3.05. The number of likely N-dealkylation sites (tertiary alicyclic amines) is 1. The molecule has 1 aromatic heterocycles. The minimum Gasteiger partial charge on any atom is -0.478 e. The van der Waals surface area contributed by atoms with E-state index in [1.807, 2.05) is 24.2 Å².